The molecule has 0 saturated carbocycles. The summed E-state index contributed by atoms with van der Waals surface area (Å²) >= 11 is 5.94. The van der Waals surface area contributed by atoms with E-state index in [-0.39, 0.29) is 5.91 Å². The molecule has 0 unspecified atom stereocenters. The Morgan fingerprint density at radius 3 is 2.50 bits per heavy atom. The second-order valence-electron chi connectivity index (χ2n) is 7.83. The lowest BCUT2D eigenvalue weighted by molar-refractivity contribution is 0.0356. The fourth-order valence-electron chi connectivity index (χ4n) is 3.70. The molecule has 5 nitrogen and oxygen atoms in total. The average molecular weight is 376 g/mol. The monoisotopic (exact) mass is 375 g/mol. The summed E-state index contributed by atoms with van der Waals surface area (Å²) < 4.78 is 0. The largest absolute Gasteiger partial charge is 0.390 e. The number of halogens is 1. The van der Waals surface area contributed by atoms with Crippen LogP contribution < -0.4 is 0 Å². The Balaban J connectivity index is 1.69. The van der Waals surface area contributed by atoms with Gasteiger partial charge in [-0.25, -0.2) is 0 Å². The third kappa shape index (κ3) is 4.27. The number of H-pyrrole nitrogens is 1. The summed E-state index contributed by atoms with van der Waals surface area (Å²) in [4.78, 5) is 14.8. The molecule has 2 aromatic rings. The van der Waals surface area contributed by atoms with Crippen molar-refractivity contribution in [2.75, 3.05) is 13.1 Å². The Morgan fingerprint density at radius 2 is 1.92 bits per heavy atom. The van der Waals surface area contributed by atoms with Crippen molar-refractivity contribution in [3.8, 4) is 11.3 Å². The molecule has 140 valence electrons. The molecule has 1 aromatic heterocycles. The van der Waals surface area contributed by atoms with Gasteiger partial charge >= 0.3 is 0 Å². The number of likely N-dealkylation sites (tertiary alicyclic amines) is 1. The molecule has 1 aliphatic rings. The molecule has 6 heteroatoms. The van der Waals surface area contributed by atoms with Gasteiger partial charge in [0.15, 0.2) is 0 Å². The lowest BCUT2D eigenvalue weighted by Gasteiger charge is -2.34. The van der Waals surface area contributed by atoms with Crippen LogP contribution in [0.1, 0.15) is 49.2 Å². The smallest absolute Gasteiger partial charge is 0.272 e. The maximum atomic E-state index is 12.9. The summed E-state index contributed by atoms with van der Waals surface area (Å²) in [7, 11) is 0. The Hall–Kier alpha value is -1.85. The fourth-order valence-corrected chi connectivity index (χ4v) is 3.83. The van der Waals surface area contributed by atoms with Gasteiger partial charge in [0.05, 0.1) is 11.3 Å². The van der Waals surface area contributed by atoms with Crippen LogP contribution in [-0.2, 0) is 0 Å². The molecule has 2 heterocycles. The van der Waals surface area contributed by atoms with Gasteiger partial charge in [0.1, 0.15) is 5.69 Å². The molecule has 26 heavy (non-hydrogen) atoms. The van der Waals surface area contributed by atoms with Crippen LogP contribution >= 0.6 is 11.6 Å². The van der Waals surface area contributed by atoms with Crippen LogP contribution in [0.25, 0.3) is 11.3 Å². The molecule has 1 amide bonds. The number of aromatic amines is 1. The summed E-state index contributed by atoms with van der Waals surface area (Å²) in [5, 5.41) is 17.9. The van der Waals surface area contributed by atoms with E-state index in [9.17, 15) is 9.90 Å². The maximum Gasteiger partial charge on any atom is 0.272 e. The lowest BCUT2D eigenvalue weighted by Crippen LogP contribution is -2.40. The first-order valence-electron chi connectivity index (χ1n) is 9.07. The van der Waals surface area contributed by atoms with Crippen LogP contribution in [-0.4, -0.2) is 44.8 Å². The maximum absolute atomic E-state index is 12.9. The molecule has 0 aliphatic carbocycles. The standard InChI is InChI=1S/C20H26ClN3O2/c1-13-17(15-4-6-16(21)7-5-15)22-23-18(13)19(25)24-10-8-14(9-11-24)12-20(2,3)26/h4-7,14,26H,8-12H2,1-3H3,(H,22,23). The zero-order chi connectivity index (χ0) is 18.9. The molecule has 1 aromatic carbocycles. The predicted molar refractivity (Wildman–Crippen MR) is 103 cm³/mol. The van der Waals surface area contributed by atoms with E-state index in [0.717, 1.165) is 36.1 Å². The normalized spacial score (nSPS) is 16.1. The number of aromatic nitrogens is 2. The molecule has 0 spiro atoms. The summed E-state index contributed by atoms with van der Waals surface area (Å²) in [5.74, 6) is 0.462. The topological polar surface area (TPSA) is 69.2 Å². The van der Waals surface area contributed by atoms with E-state index in [4.69, 9.17) is 11.6 Å². The summed E-state index contributed by atoms with van der Waals surface area (Å²) in [6.07, 6.45) is 2.62. The number of benzene rings is 1. The number of hydrogen-bond donors (Lipinski definition) is 2. The molecular weight excluding hydrogens is 350 g/mol. The van der Waals surface area contributed by atoms with E-state index in [1.807, 2.05) is 49.9 Å². The number of rotatable bonds is 4. The van der Waals surface area contributed by atoms with Gasteiger partial charge in [-0.2, -0.15) is 5.10 Å². The zero-order valence-electron chi connectivity index (χ0n) is 15.6. The number of carbonyl (C=O) groups is 1. The molecule has 1 saturated heterocycles. The van der Waals surface area contributed by atoms with Gasteiger partial charge in [0, 0.05) is 29.2 Å². The second kappa shape index (κ2) is 7.41. The van der Waals surface area contributed by atoms with Crippen LogP contribution in [0.4, 0.5) is 0 Å². The van der Waals surface area contributed by atoms with E-state index in [1.54, 1.807) is 0 Å². The van der Waals surface area contributed by atoms with Crippen molar-refractivity contribution in [2.24, 2.45) is 5.92 Å². The molecular formula is C20H26ClN3O2. The Labute approximate surface area is 159 Å². The van der Waals surface area contributed by atoms with E-state index < -0.39 is 5.60 Å². The zero-order valence-corrected chi connectivity index (χ0v) is 16.3. The van der Waals surface area contributed by atoms with Crippen LogP contribution in [0.5, 0.6) is 0 Å². The number of aliphatic hydroxyl groups is 1. The van der Waals surface area contributed by atoms with Crippen molar-refractivity contribution >= 4 is 17.5 Å². The fraction of sp³-hybridized carbons (Fsp3) is 0.500. The summed E-state index contributed by atoms with van der Waals surface area (Å²) in [6, 6.07) is 7.45. The van der Waals surface area contributed by atoms with E-state index in [2.05, 4.69) is 10.2 Å². The van der Waals surface area contributed by atoms with Crippen LogP contribution in [0, 0.1) is 12.8 Å². The molecule has 0 atom stereocenters. The van der Waals surface area contributed by atoms with Crippen molar-refractivity contribution in [1.29, 1.82) is 0 Å². The van der Waals surface area contributed by atoms with Crippen molar-refractivity contribution < 1.29 is 9.90 Å². The van der Waals surface area contributed by atoms with Gasteiger partial charge in [0.25, 0.3) is 5.91 Å². The van der Waals surface area contributed by atoms with Crippen molar-refractivity contribution in [2.45, 2.75) is 45.6 Å². The third-order valence-electron chi connectivity index (χ3n) is 5.03. The van der Waals surface area contributed by atoms with Gasteiger partial charge in [0.2, 0.25) is 0 Å². The first-order valence-corrected chi connectivity index (χ1v) is 9.45. The number of amides is 1. The van der Waals surface area contributed by atoms with Crippen LogP contribution in [0.3, 0.4) is 0 Å². The van der Waals surface area contributed by atoms with E-state index in [0.29, 0.717) is 29.7 Å². The molecule has 3 rings (SSSR count). The summed E-state index contributed by atoms with van der Waals surface area (Å²) in [5.41, 5.74) is 2.48. The average Bonchev–Trinajstić information content (AvgIpc) is 2.96. The SMILES string of the molecule is Cc1c(-c2ccc(Cl)cc2)n[nH]c1C(=O)N1CCC(CC(C)(C)O)CC1. The van der Waals surface area contributed by atoms with Gasteiger partial charge in [-0.1, -0.05) is 23.7 Å². The van der Waals surface area contributed by atoms with Crippen LogP contribution in [0.15, 0.2) is 24.3 Å². The van der Waals surface area contributed by atoms with Gasteiger partial charge in [-0.05, 0) is 58.1 Å². The predicted octanol–water partition coefficient (Wildman–Crippen LogP) is 4.05. The van der Waals surface area contributed by atoms with Gasteiger partial charge in [-0.15, -0.1) is 0 Å². The highest BCUT2D eigenvalue weighted by molar-refractivity contribution is 6.30. The first-order chi connectivity index (χ1) is 12.2. The van der Waals surface area contributed by atoms with Crippen molar-refractivity contribution in [3.63, 3.8) is 0 Å². The van der Waals surface area contributed by atoms with E-state index >= 15 is 0 Å². The second-order valence-corrected chi connectivity index (χ2v) is 8.27. The Bertz CT molecular complexity index is 769. The number of carbonyl (C=O) groups excluding carboxylic acids is 1. The Morgan fingerprint density at radius 1 is 1.31 bits per heavy atom. The molecule has 1 fully saturated rings. The number of nitrogens with one attached hydrogen (secondary N) is 1. The van der Waals surface area contributed by atoms with Crippen LogP contribution in [0.2, 0.25) is 5.02 Å². The molecule has 0 radical (unpaired) electrons. The summed E-state index contributed by atoms with van der Waals surface area (Å²) in [6.45, 7) is 7.04. The third-order valence-corrected chi connectivity index (χ3v) is 5.28. The lowest BCUT2D eigenvalue weighted by atomic mass is 9.86. The molecule has 1 aliphatic heterocycles. The number of nitrogens with zero attached hydrogens (tertiary/aromatic N) is 2. The van der Waals surface area contributed by atoms with Crippen molar-refractivity contribution in [1.82, 2.24) is 15.1 Å². The number of hydrogen-bond acceptors (Lipinski definition) is 3. The first kappa shape index (κ1) is 18.9. The highest BCUT2D eigenvalue weighted by Crippen LogP contribution is 2.29. The molecule has 0 bridgehead atoms. The highest BCUT2D eigenvalue weighted by atomic mass is 35.5. The highest BCUT2D eigenvalue weighted by Gasteiger charge is 2.29. The Kier molecular flexibility index (Phi) is 5.39. The van der Waals surface area contributed by atoms with Gasteiger partial charge < -0.3 is 10.0 Å². The minimum Gasteiger partial charge on any atom is -0.390 e. The molecule has 2 N–H and O–H groups in total. The minimum absolute atomic E-state index is 0.00285. The minimum atomic E-state index is -0.649. The number of piperidine rings is 1. The van der Waals surface area contributed by atoms with Crippen molar-refractivity contribution in [3.05, 3.63) is 40.5 Å². The quantitative estimate of drug-likeness (QED) is 0.846. The van der Waals surface area contributed by atoms with E-state index in [1.165, 1.54) is 0 Å². The van der Waals surface area contributed by atoms with Gasteiger partial charge in [-0.3, -0.25) is 9.89 Å².